The quantitative estimate of drug-likeness (QED) is 0.598. The van der Waals surface area contributed by atoms with Crippen molar-refractivity contribution in [3.05, 3.63) is 62.1 Å². The van der Waals surface area contributed by atoms with Crippen molar-refractivity contribution < 1.29 is 9.53 Å². The minimum absolute atomic E-state index is 0.166. The zero-order valence-electron chi connectivity index (χ0n) is 21.9. The lowest BCUT2D eigenvalue weighted by molar-refractivity contribution is 0.0845. The molecule has 0 aliphatic carbocycles. The van der Waals surface area contributed by atoms with Gasteiger partial charge in [-0.2, -0.15) is 0 Å². The topological polar surface area (TPSA) is 77.7 Å². The van der Waals surface area contributed by atoms with Crippen LogP contribution in [0.4, 0.5) is 5.69 Å². The fourth-order valence-electron chi connectivity index (χ4n) is 4.59. The highest BCUT2D eigenvalue weighted by molar-refractivity contribution is 5.97. The van der Waals surface area contributed by atoms with Crippen molar-refractivity contribution in [2.24, 2.45) is 0 Å². The Morgan fingerprint density at radius 1 is 1.17 bits per heavy atom. The molecule has 7 heteroatoms. The first-order valence-electron chi connectivity index (χ1n) is 12.3. The van der Waals surface area contributed by atoms with Crippen LogP contribution >= 0.6 is 0 Å². The molecule has 7 nitrogen and oxygen atoms in total. The predicted octanol–water partition coefficient (Wildman–Crippen LogP) is 3.15. The van der Waals surface area contributed by atoms with Crippen LogP contribution in [0.2, 0.25) is 0 Å². The van der Waals surface area contributed by atoms with E-state index in [2.05, 4.69) is 40.0 Å². The summed E-state index contributed by atoms with van der Waals surface area (Å²) in [5.74, 6) is 6.22. The number of pyridine rings is 1. The Kier molecular flexibility index (Phi) is 9.13. The average molecular weight is 479 g/mol. The number of nitrogens with one attached hydrogen (secondary N) is 2. The summed E-state index contributed by atoms with van der Waals surface area (Å²) in [6, 6.07) is 6.24. The molecule has 35 heavy (non-hydrogen) atoms. The second kappa shape index (κ2) is 12.1. The van der Waals surface area contributed by atoms with Gasteiger partial charge in [0, 0.05) is 60.4 Å². The molecule has 1 aliphatic heterocycles. The van der Waals surface area contributed by atoms with E-state index in [4.69, 9.17) is 4.74 Å². The number of rotatable bonds is 7. The smallest absolute Gasteiger partial charge is 0.253 e. The normalized spacial score (nSPS) is 13.9. The highest BCUT2D eigenvalue weighted by Gasteiger charge is 2.24. The number of amides is 1. The van der Waals surface area contributed by atoms with Gasteiger partial charge in [-0.05, 0) is 84.0 Å². The van der Waals surface area contributed by atoms with Gasteiger partial charge in [-0.25, -0.2) is 0 Å². The van der Waals surface area contributed by atoms with Crippen molar-refractivity contribution >= 4 is 11.6 Å². The molecule has 1 aromatic carbocycles. The van der Waals surface area contributed by atoms with E-state index in [0.29, 0.717) is 23.7 Å². The molecule has 3 rings (SSSR count). The van der Waals surface area contributed by atoms with Gasteiger partial charge in [-0.3, -0.25) is 14.5 Å². The molecule has 1 saturated heterocycles. The first-order valence-corrected chi connectivity index (χ1v) is 12.3. The third-order valence-electron chi connectivity index (χ3n) is 6.45. The standard InChI is InChI=1S/C28H38N4O3/c1-7-32(23-10-13-35-14-11-23)26-17-22(9-8-12-31(5)6)16-24(21(26)4)27(33)29-18-25-19(2)15-20(3)30-28(25)34/h15-17,23H,7,10-14,18H2,1-6H3,(H,29,33)(H,30,34). The van der Waals surface area contributed by atoms with E-state index in [1.165, 1.54) is 0 Å². The lowest BCUT2D eigenvalue weighted by Crippen LogP contribution is -2.40. The molecule has 2 heterocycles. The average Bonchev–Trinajstić information content (AvgIpc) is 2.80. The molecule has 2 aromatic rings. The summed E-state index contributed by atoms with van der Waals surface area (Å²) in [4.78, 5) is 33.0. The summed E-state index contributed by atoms with van der Waals surface area (Å²) >= 11 is 0. The lowest BCUT2D eigenvalue weighted by atomic mass is 9.98. The van der Waals surface area contributed by atoms with Gasteiger partial charge < -0.3 is 19.9 Å². The monoisotopic (exact) mass is 478 g/mol. The molecule has 1 aromatic heterocycles. The van der Waals surface area contributed by atoms with E-state index in [1.54, 1.807) is 0 Å². The number of anilines is 1. The maximum absolute atomic E-state index is 13.4. The summed E-state index contributed by atoms with van der Waals surface area (Å²) < 4.78 is 5.58. The highest BCUT2D eigenvalue weighted by atomic mass is 16.5. The number of carbonyl (C=O) groups excluding carboxylic acids is 1. The molecule has 0 bridgehead atoms. The van der Waals surface area contributed by atoms with Crippen molar-refractivity contribution in [1.82, 2.24) is 15.2 Å². The zero-order valence-corrected chi connectivity index (χ0v) is 21.9. The molecular formula is C28H38N4O3. The molecule has 1 fully saturated rings. The number of aryl methyl sites for hydroxylation is 2. The van der Waals surface area contributed by atoms with Crippen molar-refractivity contribution in [3.63, 3.8) is 0 Å². The van der Waals surface area contributed by atoms with E-state index in [1.807, 2.05) is 51.9 Å². The van der Waals surface area contributed by atoms with E-state index in [0.717, 1.165) is 60.7 Å². The molecule has 0 spiro atoms. The van der Waals surface area contributed by atoms with E-state index in [-0.39, 0.29) is 18.0 Å². The van der Waals surface area contributed by atoms with Crippen LogP contribution in [-0.2, 0) is 11.3 Å². The maximum atomic E-state index is 13.4. The second-order valence-electron chi connectivity index (χ2n) is 9.46. The summed E-state index contributed by atoms with van der Waals surface area (Å²) in [5.41, 5.74) is 5.43. The van der Waals surface area contributed by atoms with Crippen molar-refractivity contribution in [2.45, 2.75) is 53.1 Å². The van der Waals surface area contributed by atoms with Crippen LogP contribution < -0.4 is 15.8 Å². The van der Waals surface area contributed by atoms with Gasteiger partial charge in [-0.15, -0.1) is 0 Å². The van der Waals surface area contributed by atoms with Crippen LogP contribution in [0.1, 0.15) is 58.1 Å². The van der Waals surface area contributed by atoms with Gasteiger partial charge in [0.05, 0.1) is 6.54 Å². The summed E-state index contributed by atoms with van der Waals surface area (Å²) in [5, 5.41) is 2.97. The first-order chi connectivity index (χ1) is 16.7. The van der Waals surface area contributed by atoms with Crippen LogP contribution in [0.25, 0.3) is 0 Å². The van der Waals surface area contributed by atoms with Gasteiger partial charge in [0.15, 0.2) is 0 Å². The maximum Gasteiger partial charge on any atom is 0.253 e. The third kappa shape index (κ3) is 6.74. The van der Waals surface area contributed by atoms with Crippen LogP contribution in [-0.4, -0.2) is 62.2 Å². The Morgan fingerprint density at radius 2 is 1.89 bits per heavy atom. The van der Waals surface area contributed by atoms with Gasteiger partial charge in [-0.1, -0.05) is 11.8 Å². The van der Waals surface area contributed by atoms with Gasteiger partial charge >= 0.3 is 0 Å². The number of aromatic amines is 1. The summed E-state index contributed by atoms with van der Waals surface area (Å²) in [6.45, 7) is 11.0. The van der Waals surface area contributed by atoms with Gasteiger partial charge in [0.25, 0.3) is 11.5 Å². The minimum Gasteiger partial charge on any atom is -0.381 e. The van der Waals surface area contributed by atoms with Gasteiger partial charge in [0.2, 0.25) is 0 Å². The highest BCUT2D eigenvalue weighted by Crippen LogP contribution is 2.30. The summed E-state index contributed by atoms with van der Waals surface area (Å²) in [6.07, 6.45) is 1.92. The SMILES string of the molecule is CCN(c1cc(C#CCN(C)C)cc(C(=O)NCc2c(C)cc(C)[nH]c2=O)c1C)C1CCOCC1. The number of ether oxygens (including phenoxy) is 1. The predicted molar refractivity (Wildman–Crippen MR) is 141 cm³/mol. The number of hydrogen-bond donors (Lipinski definition) is 2. The number of hydrogen-bond acceptors (Lipinski definition) is 5. The number of H-pyrrole nitrogens is 1. The first kappa shape index (κ1) is 26.5. The van der Waals surface area contributed by atoms with Crippen LogP contribution in [0.3, 0.4) is 0 Å². The van der Waals surface area contributed by atoms with Crippen molar-refractivity contribution in [3.8, 4) is 11.8 Å². The minimum atomic E-state index is -0.206. The van der Waals surface area contributed by atoms with Crippen molar-refractivity contribution in [2.75, 3.05) is 45.3 Å². The Labute approximate surface area is 208 Å². The van der Waals surface area contributed by atoms with E-state index < -0.39 is 0 Å². The molecule has 2 N–H and O–H groups in total. The van der Waals surface area contributed by atoms with Gasteiger partial charge in [0.1, 0.15) is 0 Å². The Morgan fingerprint density at radius 3 is 2.51 bits per heavy atom. The third-order valence-corrected chi connectivity index (χ3v) is 6.45. The van der Waals surface area contributed by atoms with Crippen molar-refractivity contribution in [1.29, 1.82) is 0 Å². The molecule has 0 atom stereocenters. The van der Waals surface area contributed by atoms with E-state index in [9.17, 15) is 9.59 Å². The number of carbonyl (C=O) groups is 1. The fraction of sp³-hybridized carbons (Fsp3) is 0.500. The van der Waals surface area contributed by atoms with Crippen LogP contribution in [0.15, 0.2) is 23.0 Å². The molecular weight excluding hydrogens is 440 g/mol. The number of aromatic nitrogens is 1. The Balaban J connectivity index is 1.96. The Hall–Kier alpha value is -3.08. The zero-order chi connectivity index (χ0) is 25.5. The molecule has 0 unspecified atom stereocenters. The Bertz CT molecular complexity index is 1170. The molecule has 188 valence electrons. The van der Waals surface area contributed by atoms with Crippen LogP contribution in [0, 0.1) is 32.6 Å². The molecule has 0 saturated carbocycles. The molecule has 0 radical (unpaired) electrons. The number of benzene rings is 1. The van der Waals surface area contributed by atoms with E-state index >= 15 is 0 Å². The lowest BCUT2D eigenvalue weighted by Gasteiger charge is -2.36. The largest absolute Gasteiger partial charge is 0.381 e. The molecule has 1 aliphatic rings. The summed E-state index contributed by atoms with van der Waals surface area (Å²) in [7, 11) is 3.96. The second-order valence-corrected chi connectivity index (χ2v) is 9.46. The number of nitrogens with zero attached hydrogens (tertiary/aromatic N) is 2. The molecule has 1 amide bonds. The van der Waals surface area contributed by atoms with Crippen LogP contribution in [0.5, 0.6) is 0 Å². The fourth-order valence-corrected chi connectivity index (χ4v) is 4.59.